The number of esters is 1. The van der Waals surface area contributed by atoms with E-state index in [1.54, 1.807) is 54.9 Å². The van der Waals surface area contributed by atoms with Crippen molar-refractivity contribution in [2.75, 3.05) is 12.3 Å². The lowest BCUT2D eigenvalue weighted by atomic mass is 10.2. The van der Waals surface area contributed by atoms with Crippen LogP contribution in [0.1, 0.15) is 28.5 Å². The molecule has 8 heteroatoms. The summed E-state index contributed by atoms with van der Waals surface area (Å²) in [6, 6.07) is 11.8. The molecule has 3 aromatic rings. The van der Waals surface area contributed by atoms with Gasteiger partial charge in [-0.1, -0.05) is 23.7 Å². The highest BCUT2D eigenvalue weighted by Crippen LogP contribution is 2.29. The highest BCUT2D eigenvalue weighted by atomic mass is 35.5. The molecule has 0 aliphatic carbocycles. The van der Waals surface area contributed by atoms with Gasteiger partial charge >= 0.3 is 5.97 Å². The molecule has 0 aliphatic rings. The molecule has 0 unspecified atom stereocenters. The number of benzene rings is 2. The Morgan fingerprint density at radius 1 is 1.29 bits per heavy atom. The predicted octanol–water partition coefficient (Wildman–Crippen LogP) is 3.93. The third-order valence-electron chi connectivity index (χ3n) is 3.73. The Labute approximate surface area is 167 Å². The van der Waals surface area contributed by atoms with Crippen molar-refractivity contribution in [1.29, 1.82) is 0 Å². The topological polar surface area (TPSA) is 91.7 Å². The molecule has 28 heavy (non-hydrogen) atoms. The zero-order chi connectivity index (χ0) is 20.1. The van der Waals surface area contributed by atoms with Crippen LogP contribution < -0.4 is 15.2 Å². The minimum absolute atomic E-state index is 0.281. The molecule has 0 atom stereocenters. The van der Waals surface area contributed by atoms with Crippen molar-refractivity contribution in [3.05, 3.63) is 70.5 Å². The molecule has 2 aromatic carbocycles. The van der Waals surface area contributed by atoms with Crippen LogP contribution in [0, 0.1) is 6.92 Å². The molecule has 0 spiro atoms. The Kier molecular flexibility index (Phi) is 5.96. The van der Waals surface area contributed by atoms with E-state index >= 15 is 0 Å². The number of aromatic nitrogens is 2. The van der Waals surface area contributed by atoms with Gasteiger partial charge in [-0.05, 0) is 49.7 Å². The van der Waals surface area contributed by atoms with E-state index in [0.29, 0.717) is 29.1 Å². The number of nitrogens with two attached hydrogens (primary N) is 1. The first kappa shape index (κ1) is 19.4. The van der Waals surface area contributed by atoms with Gasteiger partial charge in [0, 0.05) is 0 Å². The summed E-state index contributed by atoms with van der Waals surface area (Å²) < 4.78 is 12.6. The fraction of sp³-hybridized carbons (Fsp3) is 0.150. The molecule has 0 saturated heterocycles. The molecule has 0 saturated carbocycles. The van der Waals surface area contributed by atoms with Crippen molar-refractivity contribution < 1.29 is 14.3 Å². The van der Waals surface area contributed by atoms with Crippen LogP contribution >= 0.6 is 11.6 Å². The number of ether oxygens (including phenoxy) is 2. The van der Waals surface area contributed by atoms with E-state index in [-0.39, 0.29) is 5.56 Å². The third-order valence-corrected chi connectivity index (χ3v) is 4.06. The fourth-order valence-electron chi connectivity index (χ4n) is 2.46. The van der Waals surface area contributed by atoms with Crippen molar-refractivity contribution in [1.82, 2.24) is 9.66 Å². The number of aryl methyl sites for hydroxylation is 1. The lowest BCUT2D eigenvalue weighted by molar-refractivity contribution is 0.0728. The molecule has 3 rings (SSSR count). The van der Waals surface area contributed by atoms with E-state index in [1.165, 1.54) is 4.68 Å². The maximum absolute atomic E-state index is 12.4. The Morgan fingerprint density at radius 3 is 2.75 bits per heavy atom. The van der Waals surface area contributed by atoms with Gasteiger partial charge in [-0.25, -0.2) is 14.5 Å². The Bertz CT molecular complexity index is 1030. The van der Waals surface area contributed by atoms with Crippen LogP contribution in [0.15, 0.2) is 53.8 Å². The van der Waals surface area contributed by atoms with E-state index < -0.39 is 5.97 Å². The number of anilines is 1. The van der Waals surface area contributed by atoms with Gasteiger partial charge in [0.05, 0.1) is 35.3 Å². The van der Waals surface area contributed by atoms with Gasteiger partial charge in [0.15, 0.2) is 11.5 Å². The number of rotatable bonds is 6. The first-order valence-electron chi connectivity index (χ1n) is 8.57. The average Bonchev–Trinajstić information content (AvgIpc) is 2.99. The molecule has 0 aliphatic heterocycles. The molecular formula is C20H19ClN4O3. The van der Waals surface area contributed by atoms with Crippen LogP contribution in [-0.4, -0.2) is 28.5 Å². The monoisotopic (exact) mass is 398 g/mol. The van der Waals surface area contributed by atoms with E-state index in [4.69, 9.17) is 26.8 Å². The molecule has 0 amide bonds. The lowest BCUT2D eigenvalue weighted by Crippen LogP contribution is -2.10. The first-order valence-corrected chi connectivity index (χ1v) is 8.95. The van der Waals surface area contributed by atoms with Crippen molar-refractivity contribution in [3.8, 4) is 11.5 Å². The number of nitrogens with zero attached hydrogens (tertiary/aromatic N) is 3. The Morgan fingerprint density at radius 2 is 2.07 bits per heavy atom. The van der Waals surface area contributed by atoms with Gasteiger partial charge in [-0.2, -0.15) is 5.10 Å². The molecule has 7 nitrogen and oxygen atoms in total. The van der Waals surface area contributed by atoms with E-state index in [9.17, 15) is 4.79 Å². The Hall–Kier alpha value is -3.32. The van der Waals surface area contributed by atoms with Crippen LogP contribution in [0.25, 0.3) is 0 Å². The van der Waals surface area contributed by atoms with Crippen LogP contribution in [0.5, 0.6) is 11.5 Å². The van der Waals surface area contributed by atoms with Gasteiger partial charge < -0.3 is 15.2 Å². The maximum Gasteiger partial charge on any atom is 0.345 e. The standard InChI is InChI=1S/C20H19ClN4O3/c1-3-27-18-10-14(11-23-25-12-13(2)24-20(25)22)8-9-17(18)28-19(26)15-6-4-5-7-16(15)21/h4-12H,3H2,1-2H3,(H2,22,24). The summed E-state index contributed by atoms with van der Waals surface area (Å²) in [6.07, 6.45) is 3.33. The van der Waals surface area contributed by atoms with Gasteiger partial charge in [0.2, 0.25) is 5.95 Å². The quantitative estimate of drug-likeness (QED) is 0.386. The minimum Gasteiger partial charge on any atom is -0.490 e. The molecule has 144 valence electrons. The summed E-state index contributed by atoms with van der Waals surface area (Å²) in [5, 5.41) is 4.59. The van der Waals surface area contributed by atoms with Crippen molar-refractivity contribution in [2.24, 2.45) is 5.10 Å². The van der Waals surface area contributed by atoms with Crippen LogP contribution in [-0.2, 0) is 0 Å². The summed E-state index contributed by atoms with van der Waals surface area (Å²) in [7, 11) is 0. The summed E-state index contributed by atoms with van der Waals surface area (Å²) in [4.78, 5) is 16.5. The molecule has 2 N–H and O–H groups in total. The highest BCUT2D eigenvalue weighted by Gasteiger charge is 2.15. The van der Waals surface area contributed by atoms with Gasteiger partial charge in [0.1, 0.15) is 0 Å². The predicted molar refractivity (Wildman–Crippen MR) is 108 cm³/mol. The number of carbonyl (C=O) groups excluding carboxylic acids is 1. The molecule has 1 aromatic heterocycles. The lowest BCUT2D eigenvalue weighted by Gasteiger charge is -2.12. The largest absolute Gasteiger partial charge is 0.490 e. The van der Waals surface area contributed by atoms with Crippen molar-refractivity contribution in [2.45, 2.75) is 13.8 Å². The zero-order valence-corrected chi connectivity index (χ0v) is 16.2. The average molecular weight is 399 g/mol. The SMILES string of the molecule is CCOc1cc(C=Nn2cc(C)nc2N)ccc1OC(=O)c1ccccc1Cl. The number of hydrogen-bond donors (Lipinski definition) is 1. The number of hydrogen-bond acceptors (Lipinski definition) is 6. The van der Waals surface area contributed by atoms with E-state index in [2.05, 4.69) is 10.1 Å². The van der Waals surface area contributed by atoms with Crippen LogP contribution in [0.3, 0.4) is 0 Å². The molecule has 0 bridgehead atoms. The summed E-state index contributed by atoms with van der Waals surface area (Å²) in [6.45, 7) is 4.08. The van der Waals surface area contributed by atoms with Gasteiger partial charge in [-0.3, -0.25) is 0 Å². The molecule has 1 heterocycles. The molecular weight excluding hydrogens is 380 g/mol. The number of imidazole rings is 1. The van der Waals surface area contributed by atoms with Crippen LogP contribution in [0.2, 0.25) is 5.02 Å². The summed E-state index contributed by atoms with van der Waals surface area (Å²) in [5.74, 6) is 0.447. The smallest absolute Gasteiger partial charge is 0.345 e. The summed E-state index contributed by atoms with van der Waals surface area (Å²) in [5.41, 5.74) is 7.57. The third kappa shape index (κ3) is 4.50. The van der Waals surface area contributed by atoms with Crippen LogP contribution in [0.4, 0.5) is 5.95 Å². The van der Waals surface area contributed by atoms with E-state index in [1.807, 2.05) is 13.8 Å². The first-order chi connectivity index (χ1) is 13.5. The van der Waals surface area contributed by atoms with E-state index in [0.717, 1.165) is 11.3 Å². The maximum atomic E-state index is 12.4. The van der Waals surface area contributed by atoms with Crippen molar-refractivity contribution in [3.63, 3.8) is 0 Å². The molecule has 0 fully saturated rings. The number of nitrogen functional groups attached to an aromatic ring is 1. The van der Waals surface area contributed by atoms with Gasteiger partial charge in [0.25, 0.3) is 0 Å². The second-order valence-electron chi connectivity index (χ2n) is 5.84. The minimum atomic E-state index is -0.561. The Balaban J connectivity index is 1.84. The molecule has 0 radical (unpaired) electrons. The summed E-state index contributed by atoms with van der Waals surface area (Å²) >= 11 is 6.06. The van der Waals surface area contributed by atoms with Gasteiger partial charge in [-0.15, -0.1) is 0 Å². The zero-order valence-electron chi connectivity index (χ0n) is 15.4. The second-order valence-corrected chi connectivity index (χ2v) is 6.25. The second kappa shape index (κ2) is 8.58. The highest BCUT2D eigenvalue weighted by molar-refractivity contribution is 6.33. The van der Waals surface area contributed by atoms with Crippen molar-refractivity contribution >= 4 is 29.7 Å². The number of carbonyl (C=O) groups is 1. The fourth-order valence-corrected chi connectivity index (χ4v) is 2.68. The number of halogens is 1. The normalized spacial score (nSPS) is 11.0.